The summed E-state index contributed by atoms with van der Waals surface area (Å²) < 4.78 is 77.4. The van der Waals surface area contributed by atoms with Crippen molar-refractivity contribution in [3.8, 4) is 0 Å². The molecule has 0 unspecified atom stereocenters. The van der Waals surface area contributed by atoms with Crippen molar-refractivity contribution in [2.75, 3.05) is 10.6 Å². The lowest BCUT2D eigenvalue weighted by atomic mass is 10.1. The van der Waals surface area contributed by atoms with Gasteiger partial charge in [0.1, 0.15) is 0 Å². The van der Waals surface area contributed by atoms with Gasteiger partial charge in [-0.3, -0.25) is 4.98 Å². The van der Waals surface area contributed by atoms with Gasteiger partial charge in [0.2, 0.25) is 5.95 Å². The van der Waals surface area contributed by atoms with Crippen molar-refractivity contribution in [1.29, 1.82) is 0 Å². The molecule has 0 fully saturated rings. The van der Waals surface area contributed by atoms with Crippen molar-refractivity contribution in [1.82, 2.24) is 15.0 Å². The Labute approximate surface area is 154 Å². The van der Waals surface area contributed by atoms with Crippen LogP contribution in [0.3, 0.4) is 0 Å². The summed E-state index contributed by atoms with van der Waals surface area (Å²) in [5, 5.41) is 5.32. The van der Waals surface area contributed by atoms with Crippen molar-refractivity contribution < 1.29 is 26.3 Å². The highest BCUT2D eigenvalue weighted by molar-refractivity contribution is 5.60. The Morgan fingerprint density at radius 3 is 1.68 bits per heavy atom. The Bertz CT molecular complexity index is 907. The van der Waals surface area contributed by atoms with Crippen LogP contribution >= 0.6 is 0 Å². The van der Waals surface area contributed by atoms with Crippen molar-refractivity contribution in [3.63, 3.8) is 0 Å². The second-order valence-electron chi connectivity index (χ2n) is 5.58. The van der Waals surface area contributed by atoms with Crippen LogP contribution in [0.25, 0.3) is 0 Å². The molecule has 11 heteroatoms. The quantitative estimate of drug-likeness (QED) is 0.576. The predicted octanol–water partition coefficient (Wildman–Crippen LogP) is 5.40. The largest absolute Gasteiger partial charge is 0.416 e. The first-order valence-corrected chi connectivity index (χ1v) is 7.67. The normalized spacial score (nSPS) is 11.9. The van der Waals surface area contributed by atoms with Crippen LogP contribution in [0, 0.1) is 0 Å². The van der Waals surface area contributed by atoms with Gasteiger partial charge in [-0.2, -0.15) is 26.3 Å². The van der Waals surface area contributed by atoms with E-state index in [-0.39, 0.29) is 12.0 Å². The minimum Gasteiger partial charge on any atom is -0.353 e. The van der Waals surface area contributed by atoms with Crippen molar-refractivity contribution in [2.24, 2.45) is 0 Å². The van der Waals surface area contributed by atoms with Gasteiger partial charge in [-0.1, -0.05) is 0 Å². The van der Waals surface area contributed by atoms with E-state index in [0.717, 1.165) is 0 Å². The first kappa shape index (κ1) is 19.4. The summed E-state index contributed by atoms with van der Waals surface area (Å²) in [7, 11) is 0. The molecular weight excluding hydrogens is 388 g/mol. The highest BCUT2D eigenvalue weighted by Crippen LogP contribution is 2.37. The van der Waals surface area contributed by atoms with Crippen LogP contribution in [-0.4, -0.2) is 15.0 Å². The van der Waals surface area contributed by atoms with E-state index in [0.29, 0.717) is 23.5 Å². The van der Waals surface area contributed by atoms with Gasteiger partial charge in [0, 0.05) is 23.8 Å². The van der Waals surface area contributed by atoms with Crippen LogP contribution in [0.5, 0.6) is 0 Å². The maximum Gasteiger partial charge on any atom is 0.416 e. The molecule has 2 N–H and O–H groups in total. The number of pyridine rings is 1. The Morgan fingerprint density at radius 2 is 1.18 bits per heavy atom. The molecule has 3 rings (SSSR count). The summed E-state index contributed by atoms with van der Waals surface area (Å²) in [5.41, 5.74) is -2.12. The summed E-state index contributed by atoms with van der Waals surface area (Å²) in [4.78, 5) is 11.6. The number of benzene rings is 1. The Morgan fingerprint density at radius 1 is 0.643 bits per heavy atom. The molecular formula is C17H11F6N5. The van der Waals surface area contributed by atoms with E-state index in [2.05, 4.69) is 25.6 Å². The number of nitrogens with zero attached hydrogens (tertiary/aromatic N) is 3. The molecule has 0 aliphatic heterocycles. The highest BCUT2D eigenvalue weighted by atomic mass is 19.4. The molecule has 0 saturated heterocycles. The molecule has 0 aliphatic carbocycles. The molecule has 0 amide bonds. The van der Waals surface area contributed by atoms with Crippen molar-refractivity contribution >= 4 is 23.0 Å². The maximum atomic E-state index is 12.9. The van der Waals surface area contributed by atoms with E-state index < -0.39 is 29.2 Å². The molecule has 0 radical (unpaired) electrons. The third-order valence-corrected chi connectivity index (χ3v) is 3.46. The average molecular weight is 399 g/mol. The fraction of sp³-hybridized carbons (Fsp3) is 0.118. The molecule has 0 atom stereocenters. The maximum absolute atomic E-state index is 12.9. The number of aromatic nitrogens is 3. The summed E-state index contributed by atoms with van der Waals surface area (Å²) in [6.45, 7) is 0. The Hall–Kier alpha value is -3.37. The molecule has 28 heavy (non-hydrogen) atoms. The van der Waals surface area contributed by atoms with Gasteiger partial charge >= 0.3 is 12.4 Å². The van der Waals surface area contributed by atoms with Crippen LogP contribution < -0.4 is 10.6 Å². The van der Waals surface area contributed by atoms with E-state index in [9.17, 15) is 26.3 Å². The van der Waals surface area contributed by atoms with Crippen molar-refractivity contribution in [3.05, 3.63) is 66.2 Å². The summed E-state index contributed by atoms with van der Waals surface area (Å²) in [6.07, 6.45) is -4.09. The van der Waals surface area contributed by atoms with Gasteiger partial charge in [-0.25, -0.2) is 9.97 Å². The van der Waals surface area contributed by atoms with Crippen LogP contribution in [-0.2, 0) is 12.4 Å². The monoisotopic (exact) mass is 399 g/mol. The first-order chi connectivity index (χ1) is 13.1. The number of nitrogens with one attached hydrogen (secondary N) is 2. The number of hydrogen-bond donors (Lipinski definition) is 2. The number of anilines is 4. The van der Waals surface area contributed by atoms with E-state index in [1.165, 1.54) is 12.4 Å². The standard InChI is InChI=1S/C17H11F6N5/c18-16(19,20)10-5-11(17(21,22)23)7-13(6-10)28-15-25-8-14(9-26-15)27-12-1-3-24-4-2-12/h1-9H,(H,24,27)(H,25,26,28). The zero-order valence-corrected chi connectivity index (χ0v) is 13.8. The molecule has 1 aromatic carbocycles. The third-order valence-electron chi connectivity index (χ3n) is 3.46. The van der Waals surface area contributed by atoms with Crippen molar-refractivity contribution in [2.45, 2.75) is 12.4 Å². The summed E-state index contributed by atoms with van der Waals surface area (Å²) in [6, 6.07) is 4.54. The average Bonchev–Trinajstić information content (AvgIpc) is 2.62. The topological polar surface area (TPSA) is 62.7 Å². The molecule has 2 aromatic heterocycles. The lowest BCUT2D eigenvalue weighted by molar-refractivity contribution is -0.143. The third kappa shape index (κ3) is 4.87. The van der Waals surface area contributed by atoms with E-state index in [1.807, 2.05) is 0 Å². The fourth-order valence-corrected chi connectivity index (χ4v) is 2.22. The van der Waals surface area contributed by atoms with Gasteiger partial charge in [0.15, 0.2) is 0 Å². The van der Waals surface area contributed by atoms with Gasteiger partial charge in [-0.15, -0.1) is 0 Å². The van der Waals surface area contributed by atoms with Crippen LogP contribution in [0.4, 0.5) is 49.4 Å². The number of alkyl halides is 6. The predicted molar refractivity (Wildman–Crippen MR) is 89.3 cm³/mol. The minimum absolute atomic E-state index is 0.0494. The molecule has 0 spiro atoms. The van der Waals surface area contributed by atoms with E-state index in [4.69, 9.17) is 0 Å². The second kappa shape index (κ2) is 7.33. The smallest absolute Gasteiger partial charge is 0.353 e. The molecule has 0 bridgehead atoms. The molecule has 2 heterocycles. The molecule has 3 aromatic rings. The van der Waals surface area contributed by atoms with Gasteiger partial charge in [0.05, 0.1) is 29.2 Å². The number of rotatable bonds is 4. The Kier molecular flexibility index (Phi) is 5.08. The van der Waals surface area contributed by atoms with E-state index >= 15 is 0 Å². The van der Waals surface area contributed by atoms with Crippen LogP contribution in [0.1, 0.15) is 11.1 Å². The molecule has 146 valence electrons. The molecule has 0 saturated carbocycles. The molecule has 5 nitrogen and oxygen atoms in total. The summed E-state index contributed by atoms with van der Waals surface area (Å²) >= 11 is 0. The van der Waals surface area contributed by atoms with E-state index in [1.54, 1.807) is 24.5 Å². The number of hydrogen-bond acceptors (Lipinski definition) is 5. The minimum atomic E-state index is -4.93. The SMILES string of the molecule is FC(F)(F)c1cc(Nc2ncc(Nc3ccncc3)cn2)cc(C(F)(F)F)c1. The second-order valence-corrected chi connectivity index (χ2v) is 5.58. The lowest BCUT2D eigenvalue weighted by Gasteiger charge is -2.14. The van der Waals surface area contributed by atoms with Crippen LogP contribution in [0.15, 0.2) is 55.1 Å². The summed E-state index contributed by atoms with van der Waals surface area (Å²) in [5.74, 6) is -0.160. The molecule has 0 aliphatic rings. The zero-order valence-electron chi connectivity index (χ0n) is 13.8. The van der Waals surface area contributed by atoms with Crippen LogP contribution in [0.2, 0.25) is 0 Å². The Balaban J connectivity index is 1.82. The van der Waals surface area contributed by atoms with Gasteiger partial charge in [0.25, 0.3) is 0 Å². The van der Waals surface area contributed by atoms with Gasteiger partial charge < -0.3 is 10.6 Å². The lowest BCUT2D eigenvalue weighted by Crippen LogP contribution is -2.12. The number of halogens is 6. The highest BCUT2D eigenvalue weighted by Gasteiger charge is 2.37. The van der Waals surface area contributed by atoms with Gasteiger partial charge in [-0.05, 0) is 30.3 Å². The first-order valence-electron chi connectivity index (χ1n) is 7.67. The fourth-order valence-electron chi connectivity index (χ4n) is 2.22. The zero-order chi connectivity index (χ0) is 20.4.